The molecule has 1 saturated carbocycles. The van der Waals surface area contributed by atoms with Crippen LogP contribution in [0.1, 0.15) is 28.8 Å². The summed E-state index contributed by atoms with van der Waals surface area (Å²) < 4.78 is 37.9. The fraction of sp³-hybridized carbons (Fsp3) is 0.381. The molecule has 1 aliphatic carbocycles. The second-order valence-corrected chi connectivity index (χ2v) is 8.79. The van der Waals surface area contributed by atoms with E-state index >= 15 is 0 Å². The van der Waals surface area contributed by atoms with Crippen molar-refractivity contribution < 1.29 is 22.7 Å². The minimum atomic E-state index is -3.60. The lowest BCUT2D eigenvalue weighted by molar-refractivity contribution is 0.0954. The molecular formula is C21H26N2O5S. The molecule has 2 N–H and O–H groups in total. The molecule has 0 aliphatic heterocycles. The third-order valence-corrected chi connectivity index (χ3v) is 6.23. The van der Waals surface area contributed by atoms with Gasteiger partial charge in [0, 0.05) is 18.7 Å². The lowest BCUT2D eigenvalue weighted by Gasteiger charge is -2.11. The van der Waals surface area contributed by atoms with Crippen molar-refractivity contribution in [3.63, 3.8) is 0 Å². The van der Waals surface area contributed by atoms with Gasteiger partial charge in [0.25, 0.3) is 5.91 Å². The number of sulfonamides is 1. The van der Waals surface area contributed by atoms with Crippen molar-refractivity contribution in [2.45, 2.75) is 24.2 Å². The first-order valence-electron chi connectivity index (χ1n) is 9.52. The Kier molecular flexibility index (Phi) is 6.76. The average molecular weight is 419 g/mol. The zero-order chi connectivity index (χ0) is 20.9. The maximum absolute atomic E-state index is 12.4. The van der Waals surface area contributed by atoms with Crippen LogP contribution in [0.4, 0.5) is 0 Å². The highest BCUT2D eigenvalue weighted by atomic mass is 32.2. The summed E-state index contributed by atoms with van der Waals surface area (Å²) in [6, 6.07) is 11.7. The van der Waals surface area contributed by atoms with Gasteiger partial charge in [-0.25, -0.2) is 13.1 Å². The fourth-order valence-electron chi connectivity index (χ4n) is 2.90. The van der Waals surface area contributed by atoms with Gasteiger partial charge in [-0.2, -0.15) is 0 Å². The highest BCUT2D eigenvalue weighted by molar-refractivity contribution is 7.89. The van der Waals surface area contributed by atoms with E-state index in [-0.39, 0.29) is 10.8 Å². The normalized spacial score (nSPS) is 13.7. The predicted molar refractivity (Wildman–Crippen MR) is 110 cm³/mol. The average Bonchev–Trinajstić information content (AvgIpc) is 3.57. The maximum Gasteiger partial charge on any atom is 0.251 e. The van der Waals surface area contributed by atoms with E-state index < -0.39 is 10.0 Å². The van der Waals surface area contributed by atoms with Gasteiger partial charge >= 0.3 is 0 Å². The molecule has 1 amide bonds. The summed E-state index contributed by atoms with van der Waals surface area (Å²) in [5, 5.41) is 2.83. The van der Waals surface area contributed by atoms with Gasteiger partial charge in [0.1, 0.15) is 0 Å². The largest absolute Gasteiger partial charge is 0.493 e. The minimum Gasteiger partial charge on any atom is -0.493 e. The topological polar surface area (TPSA) is 93.7 Å². The molecule has 2 aromatic carbocycles. The molecule has 1 fully saturated rings. The first kappa shape index (κ1) is 21.1. The number of hydrogen-bond donors (Lipinski definition) is 2. The molecule has 3 rings (SSSR count). The van der Waals surface area contributed by atoms with E-state index in [1.54, 1.807) is 26.4 Å². The smallest absolute Gasteiger partial charge is 0.251 e. The summed E-state index contributed by atoms with van der Waals surface area (Å²) in [4.78, 5) is 12.5. The molecule has 0 radical (unpaired) electrons. The van der Waals surface area contributed by atoms with Crippen LogP contribution >= 0.6 is 0 Å². The van der Waals surface area contributed by atoms with Crippen molar-refractivity contribution >= 4 is 15.9 Å². The quantitative estimate of drug-likeness (QED) is 0.618. The molecule has 0 unspecified atom stereocenters. The number of carbonyl (C=O) groups excluding carboxylic acids is 1. The van der Waals surface area contributed by atoms with Crippen LogP contribution in [0.2, 0.25) is 0 Å². The van der Waals surface area contributed by atoms with E-state index in [9.17, 15) is 13.2 Å². The van der Waals surface area contributed by atoms with E-state index in [2.05, 4.69) is 10.0 Å². The van der Waals surface area contributed by atoms with Gasteiger partial charge < -0.3 is 14.8 Å². The van der Waals surface area contributed by atoms with Crippen molar-refractivity contribution in [1.82, 2.24) is 10.0 Å². The number of nitrogens with one attached hydrogen (secondary N) is 2. The molecule has 7 nitrogen and oxygen atoms in total. The summed E-state index contributed by atoms with van der Waals surface area (Å²) in [6.07, 6.45) is 2.73. The van der Waals surface area contributed by atoms with Gasteiger partial charge in [-0.3, -0.25) is 4.79 Å². The first-order chi connectivity index (χ1) is 13.9. The third-order valence-electron chi connectivity index (χ3n) is 4.81. The van der Waals surface area contributed by atoms with Crippen LogP contribution in [-0.4, -0.2) is 41.6 Å². The number of benzene rings is 2. The Morgan fingerprint density at radius 1 is 1.07 bits per heavy atom. The molecular weight excluding hydrogens is 392 g/mol. The number of methoxy groups -OCH3 is 2. The predicted octanol–water partition coefficient (Wildman–Crippen LogP) is 2.36. The summed E-state index contributed by atoms with van der Waals surface area (Å²) in [5.41, 5.74) is 1.30. The second kappa shape index (κ2) is 9.28. The van der Waals surface area contributed by atoms with Crippen LogP contribution in [0.3, 0.4) is 0 Å². The molecule has 0 saturated heterocycles. The Hall–Kier alpha value is -2.58. The minimum absolute atomic E-state index is 0.102. The Labute approximate surface area is 171 Å². The van der Waals surface area contributed by atoms with Gasteiger partial charge in [0.2, 0.25) is 10.0 Å². The molecule has 1 aliphatic rings. The maximum atomic E-state index is 12.4. The van der Waals surface area contributed by atoms with Gasteiger partial charge in [0.05, 0.1) is 19.1 Å². The van der Waals surface area contributed by atoms with Gasteiger partial charge in [-0.15, -0.1) is 0 Å². The summed E-state index contributed by atoms with van der Waals surface area (Å²) in [5.74, 6) is 1.40. The fourth-order valence-corrected chi connectivity index (χ4v) is 4.06. The van der Waals surface area contributed by atoms with Crippen LogP contribution in [0.25, 0.3) is 0 Å². The Bertz CT molecular complexity index is 971. The number of hydrogen-bond acceptors (Lipinski definition) is 5. The SMILES string of the molecule is COc1ccc(CCNC(=O)c2cccc(S(=O)(=O)NCC3CC3)c2)cc1OC. The molecule has 0 bridgehead atoms. The molecule has 0 heterocycles. The Morgan fingerprint density at radius 2 is 1.83 bits per heavy atom. The van der Waals surface area contributed by atoms with E-state index in [4.69, 9.17) is 9.47 Å². The Morgan fingerprint density at radius 3 is 2.52 bits per heavy atom. The van der Waals surface area contributed by atoms with Crippen LogP contribution in [-0.2, 0) is 16.4 Å². The molecule has 0 aromatic heterocycles. The van der Waals surface area contributed by atoms with Crippen molar-refractivity contribution in [2.75, 3.05) is 27.3 Å². The monoisotopic (exact) mass is 418 g/mol. The van der Waals surface area contributed by atoms with Crippen LogP contribution < -0.4 is 19.5 Å². The molecule has 8 heteroatoms. The number of amides is 1. The molecule has 0 atom stereocenters. The van der Waals surface area contributed by atoms with Crippen molar-refractivity contribution in [2.24, 2.45) is 5.92 Å². The number of rotatable bonds is 10. The van der Waals surface area contributed by atoms with Crippen molar-refractivity contribution in [1.29, 1.82) is 0 Å². The summed E-state index contributed by atoms with van der Waals surface area (Å²) in [6.45, 7) is 0.856. The second-order valence-electron chi connectivity index (χ2n) is 7.02. The van der Waals surface area contributed by atoms with Crippen LogP contribution in [0.5, 0.6) is 11.5 Å². The zero-order valence-corrected chi connectivity index (χ0v) is 17.4. The highest BCUT2D eigenvalue weighted by Crippen LogP contribution is 2.28. The van der Waals surface area contributed by atoms with E-state index in [0.29, 0.717) is 42.5 Å². The standard InChI is InChI=1S/C21H26N2O5S/c1-27-19-9-8-15(12-20(19)28-2)10-11-22-21(24)17-4-3-5-18(13-17)29(25,26)23-14-16-6-7-16/h3-5,8-9,12-13,16,23H,6-7,10-11,14H2,1-2H3,(H,22,24). The van der Waals surface area contributed by atoms with E-state index in [1.165, 1.54) is 12.1 Å². The lowest BCUT2D eigenvalue weighted by Crippen LogP contribution is -2.28. The first-order valence-corrected chi connectivity index (χ1v) is 11.0. The van der Waals surface area contributed by atoms with Crippen LogP contribution in [0, 0.1) is 5.92 Å². The van der Waals surface area contributed by atoms with Gasteiger partial charge in [0.15, 0.2) is 11.5 Å². The molecule has 156 valence electrons. The number of carbonyl (C=O) groups is 1. The molecule has 29 heavy (non-hydrogen) atoms. The molecule has 2 aromatic rings. The highest BCUT2D eigenvalue weighted by Gasteiger charge is 2.24. The summed E-state index contributed by atoms with van der Waals surface area (Å²) >= 11 is 0. The number of ether oxygens (including phenoxy) is 2. The summed E-state index contributed by atoms with van der Waals surface area (Å²) in [7, 11) is -0.455. The van der Waals surface area contributed by atoms with Gasteiger partial charge in [-0.1, -0.05) is 12.1 Å². The third kappa shape index (κ3) is 5.71. The van der Waals surface area contributed by atoms with Gasteiger partial charge in [-0.05, 0) is 61.1 Å². The van der Waals surface area contributed by atoms with E-state index in [1.807, 2.05) is 18.2 Å². The van der Waals surface area contributed by atoms with Crippen molar-refractivity contribution in [3.05, 3.63) is 53.6 Å². The molecule has 0 spiro atoms. The van der Waals surface area contributed by atoms with Crippen LogP contribution in [0.15, 0.2) is 47.4 Å². The van der Waals surface area contributed by atoms with Crippen molar-refractivity contribution in [3.8, 4) is 11.5 Å². The lowest BCUT2D eigenvalue weighted by atomic mass is 10.1. The Balaban J connectivity index is 1.58. The van der Waals surface area contributed by atoms with E-state index in [0.717, 1.165) is 18.4 Å². The zero-order valence-electron chi connectivity index (χ0n) is 16.6.